The van der Waals surface area contributed by atoms with Crippen LogP contribution < -0.4 is 0 Å². The highest BCUT2D eigenvalue weighted by atomic mass is 16.5. The molecule has 0 bridgehead atoms. The van der Waals surface area contributed by atoms with E-state index in [2.05, 4.69) is 111 Å². The first-order valence-corrected chi connectivity index (χ1v) is 21.3. The summed E-state index contributed by atoms with van der Waals surface area (Å²) < 4.78 is 9.87. The standard InChI is InChI=1S/C9H9N.2C8H8N2.2C8H7NO.5C2H6/c1-7-2-3-9-8(6-7)4-5-10-9;1-6-2-3-8-7(4-6)5-9-10-8;1-6-2-3-7-5-9-10-8(7)4-6;1-6-2-3-8-7(4-6)5-9-10-8;1-6-2-3-7-5-9-10-8(7)4-6;5*1-2/h2-6,10H,1H3;2*2-5H,1H3,(H,9,10);2*2-5H,1H3;5*1-2H3. The van der Waals surface area contributed by atoms with Gasteiger partial charge in [0.15, 0.2) is 11.2 Å². The van der Waals surface area contributed by atoms with Crippen molar-refractivity contribution in [1.29, 1.82) is 0 Å². The van der Waals surface area contributed by atoms with E-state index < -0.39 is 0 Å². The maximum atomic E-state index is 4.95. The van der Waals surface area contributed by atoms with E-state index in [1.165, 1.54) is 49.5 Å². The molecule has 0 saturated heterocycles. The number of nitrogens with one attached hydrogen (secondary N) is 3. The van der Waals surface area contributed by atoms with Crippen LogP contribution in [-0.4, -0.2) is 35.7 Å². The Morgan fingerprint density at radius 1 is 0.350 bits per heavy atom. The molecule has 3 N–H and O–H groups in total. The maximum Gasteiger partial charge on any atom is 0.167 e. The van der Waals surface area contributed by atoms with Gasteiger partial charge in [-0.25, -0.2) is 0 Å². The van der Waals surface area contributed by atoms with Gasteiger partial charge in [-0.15, -0.1) is 0 Å². The smallest absolute Gasteiger partial charge is 0.167 e. The molecule has 0 fully saturated rings. The summed E-state index contributed by atoms with van der Waals surface area (Å²) in [4.78, 5) is 3.15. The van der Waals surface area contributed by atoms with Crippen molar-refractivity contribution >= 4 is 54.6 Å². The molecule has 0 spiro atoms. The van der Waals surface area contributed by atoms with E-state index >= 15 is 0 Å². The molecule has 0 saturated carbocycles. The predicted octanol–water partition coefficient (Wildman–Crippen LogP) is 15.6. The van der Waals surface area contributed by atoms with Crippen LogP contribution in [0.25, 0.3) is 54.6 Å². The van der Waals surface area contributed by atoms with Gasteiger partial charge in [0.25, 0.3) is 0 Å². The Morgan fingerprint density at radius 2 is 0.800 bits per heavy atom. The van der Waals surface area contributed by atoms with Crippen LogP contribution in [0.2, 0.25) is 0 Å². The molecule has 0 aliphatic heterocycles. The molecule has 0 aliphatic rings. The van der Waals surface area contributed by atoms with Crippen molar-refractivity contribution in [3.05, 3.63) is 156 Å². The summed E-state index contributed by atoms with van der Waals surface area (Å²) in [6.07, 6.45) is 9.07. The largest absolute Gasteiger partial charge is 0.361 e. The third-order valence-corrected chi connectivity index (χ3v) is 7.92. The summed E-state index contributed by atoms with van der Waals surface area (Å²) in [6, 6.07) is 32.9. The number of aromatic nitrogens is 7. The minimum absolute atomic E-state index is 0.852. The minimum atomic E-state index is 0.852. The van der Waals surface area contributed by atoms with Gasteiger partial charge in [0, 0.05) is 33.3 Å². The monoisotopic (exact) mass is 812 g/mol. The van der Waals surface area contributed by atoms with Crippen molar-refractivity contribution < 1.29 is 9.05 Å². The molecule has 10 rings (SSSR count). The molecule has 60 heavy (non-hydrogen) atoms. The van der Waals surface area contributed by atoms with E-state index in [1.807, 2.05) is 144 Å². The van der Waals surface area contributed by atoms with Gasteiger partial charge in [-0.3, -0.25) is 10.2 Å². The zero-order valence-electron chi connectivity index (χ0n) is 38.7. The zero-order chi connectivity index (χ0) is 44.9. The lowest BCUT2D eigenvalue weighted by atomic mass is 10.2. The van der Waals surface area contributed by atoms with Gasteiger partial charge < -0.3 is 14.0 Å². The van der Waals surface area contributed by atoms with E-state index in [1.54, 1.807) is 12.4 Å². The molecule has 0 radical (unpaired) electrons. The molecule has 320 valence electrons. The lowest BCUT2D eigenvalue weighted by molar-refractivity contribution is 0.456. The number of rotatable bonds is 0. The molecular formula is C51H69N7O2. The minimum Gasteiger partial charge on any atom is -0.361 e. The average molecular weight is 812 g/mol. The second-order valence-electron chi connectivity index (χ2n) is 12.2. The first kappa shape index (κ1) is 51.5. The maximum absolute atomic E-state index is 4.95. The molecule has 0 unspecified atom stereocenters. The Kier molecular flexibility index (Phi) is 25.5. The van der Waals surface area contributed by atoms with Crippen LogP contribution in [0.15, 0.2) is 137 Å². The fraction of sp³-hybridized carbons (Fsp3) is 0.294. The van der Waals surface area contributed by atoms with Crippen molar-refractivity contribution in [1.82, 2.24) is 35.7 Å². The Morgan fingerprint density at radius 3 is 1.45 bits per heavy atom. The molecule has 0 amide bonds. The van der Waals surface area contributed by atoms with Crippen LogP contribution in [0, 0.1) is 34.6 Å². The summed E-state index contributed by atoms with van der Waals surface area (Å²) in [7, 11) is 0. The number of hydrogen-bond acceptors (Lipinski definition) is 6. The summed E-state index contributed by atoms with van der Waals surface area (Å²) >= 11 is 0. The van der Waals surface area contributed by atoms with E-state index in [9.17, 15) is 0 Å². The van der Waals surface area contributed by atoms with Gasteiger partial charge in [0.1, 0.15) is 0 Å². The Labute approximate surface area is 358 Å². The highest BCUT2D eigenvalue weighted by Crippen LogP contribution is 2.16. The van der Waals surface area contributed by atoms with Crippen LogP contribution in [0.3, 0.4) is 0 Å². The van der Waals surface area contributed by atoms with Gasteiger partial charge in [0.2, 0.25) is 0 Å². The third kappa shape index (κ3) is 16.8. The molecule has 9 heteroatoms. The van der Waals surface area contributed by atoms with Crippen LogP contribution >= 0.6 is 0 Å². The molecule has 5 aromatic carbocycles. The number of nitrogens with zero attached hydrogens (tertiary/aromatic N) is 4. The van der Waals surface area contributed by atoms with E-state index in [0.717, 1.165) is 33.0 Å². The molecule has 5 aromatic heterocycles. The highest BCUT2D eigenvalue weighted by Gasteiger charge is 1.97. The van der Waals surface area contributed by atoms with Crippen molar-refractivity contribution in [2.45, 2.75) is 104 Å². The number of fused-ring (bicyclic) bond motifs is 5. The van der Waals surface area contributed by atoms with Gasteiger partial charge >= 0.3 is 0 Å². The quantitative estimate of drug-likeness (QED) is 0.140. The van der Waals surface area contributed by atoms with Gasteiger partial charge in [-0.05, 0) is 112 Å². The lowest BCUT2D eigenvalue weighted by Crippen LogP contribution is -1.70. The number of aryl methyl sites for hydroxylation is 5. The second kappa shape index (κ2) is 29.7. The first-order valence-electron chi connectivity index (χ1n) is 21.3. The average Bonchev–Trinajstić information content (AvgIpc) is 4.16. The molecule has 0 aliphatic carbocycles. The SMILES string of the molecule is CC.CC.CC.CC.CC.Cc1ccc2[nH]ccc2c1.Cc1ccc2[nH]ncc2c1.Cc1ccc2cn[nH]c2c1.Cc1ccc2cnoc2c1.Cc1ccc2oncc2c1. The first-order chi connectivity index (χ1) is 29.3. The summed E-state index contributed by atoms with van der Waals surface area (Å²) in [6.45, 7) is 30.3. The highest BCUT2D eigenvalue weighted by molar-refractivity contribution is 5.80. The molecular weight excluding hydrogens is 743 g/mol. The molecule has 9 nitrogen and oxygen atoms in total. The van der Waals surface area contributed by atoms with Gasteiger partial charge in [0.05, 0.1) is 35.8 Å². The second-order valence-corrected chi connectivity index (χ2v) is 12.2. The van der Waals surface area contributed by atoms with Crippen molar-refractivity contribution in [2.75, 3.05) is 0 Å². The normalized spacial score (nSPS) is 9.25. The summed E-state index contributed by atoms with van der Waals surface area (Å²) in [5, 5.41) is 26.8. The lowest BCUT2D eigenvalue weighted by Gasteiger charge is -1.90. The number of benzene rings is 5. The van der Waals surface area contributed by atoms with Gasteiger partial charge in [-0.1, -0.05) is 133 Å². The number of aromatic amines is 3. The van der Waals surface area contributed by atoms with Crippen LogP contribution in [0.4, 0.5) is 0 Å². The summed E-state index contributed by atoms with van der Waals surface area (Å²) in [5.41, 5.74) is 11.4. The Balaban J connectivity index is 0.000000356. The summed E-state index contributed by atoms with van der Waals surface area (Å²) in [5.74, 6) is 0. The van der Waals surface area contributed by atoms with Crippen molar-refractivity contribution in [3.8, 4) is 0 Å². The van der Waals surface area contributed by atoms with E-state index in [0.29, 0.717) is 0 Å². The van der Waals surface area contributed by atoms with Crippen LogP contribution in [0.5, 0.6) is 0 Å². The van der Waals surface area contributed by atoms with E-state index in [-0.39, 0.29) is 0 Å². The molecule has 10 aromatic rings. The predicted molar refractivity (Wildman–Crippen MR) is 259 cm³/mol. The fourth-order valence-corrected chi connectivity index (χ4v) is 5.24. The zero-order valence-corrected chi connectivity index (χ0v) is 38.7. The third-order valence-electron chi connectivity index (χ3n) is 7.92. The topological polar surface area (TPSA) is 125 Å². The van der Waals surface area contributed by atoms with E-state index in [4.69, 9.17) is 9.05 Å². The van der Waals surface area contributed by atoms with Gasteiger partial charge in [-0.2, -0.15) is 10.2 Å². The van der Waals surface area contributed by atoms with Crippen LogP contribution in [-0.2, 0) is 0 Å². The van der Waals surface area contributed by atoms with Crippen molar-refractivity contribution in [3.63, 3.8) is 0 Å². The molecule has 0 atom stereocenters. The number of hydrogen-bond donors (Lipinski definition) is 3. The Bertz CT molecular complexity index is 2170. The number of H-pyrrole nitrogens is 3. The van der Waals surface area contributed by atoms with Crippen molar-refractivity contribution in [2.24, 2.45) is 0 Å². The molecule has 5 heterocycles. The van der Waals surface area contributed by atoms with Crippen LogP contribution in [0.1, 0.15) is 97.1 Å². The fourth-order valence-electron chi connectivity index (χ4n) is 5.24. The Hall–Kier alpha value is -6.48.